The summed E-state index contributed by atoms with van der Waals surface area (Å²) in [5, 5.41) is 1.97. The molecule has 0 aromatic carbocycles. The molecule has 24 heavy (non-hydrogen) atoms. The quantitative estimate of drug-likeness (QED) is 0.764. The monoisotopic (exact) mass is 348 g/mol. The van der Waals surface area contributed by atoms with Crippen molar-refractivity contribution in [2.75, 3.05) is 32.7 Å². The van der Waals surface area contributed by atoms with Crippen molar-refractivity contribution in [1.82, 2.24) is 9.80 Å². The third-order valence-electron chi connectivity index (χ3n) is 5.37. The van der Waals surface area contributed by atoms with E-state index in [1.165, 1.54) is 24.1 Å². The van der Waals surface area contributed by atoms with Crippen LogP contribution in [-0.2, 0) is 4.79 Å². The van der Waals surface area contributed by atoms with Crippen molar-refractivity contribution < 1.29 is 9.59 Å². The summed E-state index contributed by atoms with van der Waals surface area (Å²) in [5.74, 6) is 0.965. The highest BCUT2D eigenvalue weighted by Crippen LogP contribution is 2.32. The number of rotatable bonds is 5. The van der Waals surface area contributed by atoms with Crippen LogP contribution in [0.25, 0.3) is 0 Å². The maximum Gasteiger partial charge on any atom is 0.223 e. The summed E-state index contributed by atoms with van der Waals surface area (Å²) in [7, 11) is 0. The Labute approximate surface area is 148 Å². The minimum absolute atomic E-state index is 0.142. The molecule has 1 aromatic rings. The molecular weight excluding hydrogens is 320 g/mol. The fourth-order valence-corrected chi connectivity index (χ4v) is 4.88. The number of nitrogens with zero attached hydrogens (tertiary/aromatic N) is 2. The third kappa shape index (κ3) is 4.45. The van der Waals surface area contributed by atoms with Gasteiger partial charge in [-0.2, -0.15) is 0 Å². The van der Waals surface area contributed by atoms with Crippen molar-refractivity contribution in [2.24, 2.45) is 0 Å². The summed E-state index contributed by atoms with van der Waals surface area (Å²) in [6.07, 6.45) is 6.61. The molecule has 0 bridgehead atoms. The minimum atomic E-state index is 0.142. The molecule has 4 nitrogen and oxygen atoms in total. The van der Waals surface area contributed by atoms with E-state index in [-0.39, 0.29) is 5.78 Å². The first-order chi connectivity index (χ1) is 11.6. The van der Waals surface area contributed by atoms with Crippen molar-refractivity contribution in [3.8, 4) is 0 Å². The molecule has 0 spiro atoms. The molecule has 0 unspecified atom stereocenters. The second-order valence-electron chi connectivity index (χ2n) is 7.10. The second-order valence-corrected chi connectivity index (χ2v) is 8.04. The molecule has 3 heterocycles. The molecular formula is C19H28N2O2S. The van der Waals surface area contributed by atoms with Gasteiger partial charge in [-0.25, -0.2) is 0 Å². The number of hydrogen-bond donors (Lipinski definition) is 0. The van der Waals surface area contributed by atoms with Crippen molar-refractivity contribution >= 4 is 23.0 Å². The van der Waals surface area contributed by atoms with Gasteiger partial charge in [0.25, 0.3) is 0 Å². The summed E-state index contributed by atoms with van der Waals surface area (Å²) in [5.41, 5.74) is 0.829. The lowest BCUT2D eigenvalue weighted by molar-refractivity contribution is -0.132. The Morgan fingerprint density at radius 1 is 1.12 bits per heavy atom. The Kier molecular flexibility index (Phi) is 6.06. The summed E-state index contributed by atoms with van der Waals surface area (Å²) in [6, 6.07) is 2.05. The largest absolute Gasteiger partial charge is 0.343 e. The Bertz CT molecular complexity index is 570. The van der Waals surface area contributed by atoms with Crippen LogP contribution in [0.15, 0.2) is 11.4 Å². The van der Waals surface area contributed by atoms with Crippen LogP contribution in [0.2, 0.25) is 0 Å². The SMILES string of the molecule is CC(=O)c1csc(C2CCN(C(=O)CCN3CCCCC3)CC2)c1. The van der Waals surface area contributed by atoms with E-state index in [0.717, 1.165) is 51.1 Å². The molecule has 2 fully saturated rings. The number of amides is 1. The Balaban J connectivity index is 1.43. The van der Waals surface area contributed by atoms with Gasteiger partial charge in [-0.3, -0.25) is 9.59 Å². The van der Waals surface area contributed by atoms with Gasteiger partial charge in [0.15, 0.2) is 5.78 Å². The van der Waals surface area contributed by atoms with Crippen LogP contribution in [0.1, 0.15) is 66.6 Å². The Morgan fingerprint density at radius 3 is 2.46 bits per heavy atom. The number of piperidine rings is 2. The highest BCUT2D eigenvalue weighted by atomic mass is 32.1. The van der Waals surface area contributed by atoms with Gasteiger partial charge in [-0.05, 0) is 57.7 Å². The maximum atomic E-state index is 12.4. The van der Waals surface area contributed by atoms with Gasteiger partial charge >= 0.3 is 0 Å². The van der Waals surface area contributed by atoms with Crippen LogP contribution in [0, 0.1) is 0 Å². The molecule has 0 N–H and O–H groups in total. The van der Waals surface area contributed by atoms with E-state index in [4.69, 9.17) is 0 Å². The lowest BCUT2D eigenvalue weighted by Gasteiger charge is -2.33. The summed E-state index contributed by atoms with van der Waals surface area (Å²) in [4.78, 5) is 29.7. The van der Waals surface area contributed by atoms with Gasteiger partial charge in [0, 0.05) is 41.9 Å². The van der Waals surface area contributed by atoms with Crippen LogP contribution >= 0.6 is 11.3 Å². The zero-order chi connectivity index (χ0) is 16.9. The number of thiophene rings is 1. The molecule has 3 rings (SSSR count). The highest BCUT2D eigenvalue weighted by molar-refractivity contribution is 7.10. The number of likely N-dealkylation sites (tertiary alicyclic amines) is 2. The molecule has 2 aliphatic rings. The fraction of sp³-hybridized carbons (Fsp3) is 0.684. The number of carbonyl (C=O) groups excluding carboxylic acids is 2. The first-order valence-corrected chi connectivity index (χ1v) is 10.1. The first kappa shape index (κ1) is 17.6. The zero-order valence-corrected chi connectivity index (χ0v) is 15.4. The van der Waals surface area contributed by atoms with Crippen molar-refractivity contribution in [2.45, 2.75) is 51.4 Å². The molecule has 1 aromatic heterocycles. The molecule has 0 atom stereocenters. The van der Waals surface area contributed by atoms with Gasteiger partial charge < -0.3 is 9.80 Å². The zero-order valence-electron chi connectivity index (χ0n) is 14.6. The van der Waals surface area contributed by atoms with Crippen molar-refractivity contribution in [3.05, 3.63) is 21.9 Å². The molecule has 0 radical (unpaired) electrons. The van der Waals surface area contributed by atoms with E-state index in [0.29, 0.717) is 18.2 Å². The fourth-order valence-electron chi connectivity index (χ4n) is 3.76. The third-order valence-corrected chi connectivity index (χ3v) is 6.46. The van der Waals surface area contributed by atoms with Crippen LogP contribution in [0.5, 0.6) is 0 Å². The van der Waals surface area contributed by atoms with E-state index in [2.05, 4.69) is 4.90 Å². The minimum Gasteiger partial charge on any atom is -0.343 e. The van der Waals surface area contributed by atoms with Crippen molar-refractivity contribution in [3.63, 3.8) is 0 Å². The lowest BCUT2D eigenvalue weighted by Crippen LogP contribution is -2.40. The Hall–Kier alpha value is -1.20. The normalized spacial score (nSPS) is 20.3. The first-order valence-electron chi connectivity index (χ1n) is 9.23. The number of carbonyl (C=O) groups is 2. The topological polar surface area (TPSA) is 40.6 Å². The average molecular weight is 349 g/mol. The van der Waals surface area contributed by atoms with Crippen LogP contribution in [0.4, 0.5) is 0 Å². The highest BCUT2D eigenvalue weighted by Gasteiger charge is 2.25. The molecule has 132 valence electrons. The van der Waals surface area contributed by atoms with E-state index in [1.807, 2.05) is 16.3 Å². The van der Waals surface area contributed by atoms with Crippen LogP contribution < -0.4 is 0 Å². The standard InChI is InChI=1S/C19H28N2O2S/c1-15(22)17-13-18(24-14-17)16-5-11-21(12-6-16)19(23)7-10-20-8-3-2-4-9-20/h13-14,16H,2-12H2,1H3. The van der Waals surface area contributed by atoms with E-state index in [9.17, 15) is 9.59 Å². The van der Waals surface area contributed by atoms with Gasteiger partial charge in [0.05, 0.1) is 0 Å². The average Bonchev–Trinajstić information content (AvgIpc) is 3.11. The lowest BCUT2D eigenvalue weighted by atomic mass is 9.94. The molecule has 2 aliphatic heterocycles. The molecule has 0 aliphatic carbocycles. The van der Waals surface area contributed by atoms with Gasteiger partial charge in [0.1, 0.15) is 0 Å². The second kappa shape index (κ2) is 8.26. The van der Waals surface area contributed by atoms with E-state index >= 15 is 0 Å². The summed E-state index contributed by atoms with van der Waals surface area (Å²) < 4.78 is 0. The van der Waals surface area contributed by atoms with Gasteiger partial charge in [-0.15, -0.1) is 11.3 Å². The predicted molar refractivity (Wildman–Crippen MR) is 97.8 cm³/mol. The maximum absolute atomic E-state index is 12.4. The molecule has 5 heteroatoms. The molecule has 2 saturated heterocycles. The molecule has 0 saturated carbocycles. The number of Topliss-reactive ketones (excluding diaryl/α,β-unsaturated/α-hetero) is 1. The van der Waals surface area contributed by atoms with Crippen LogP contribution in [-0.4, -0.2) is 54.2 Å². The molecule has 1 amide bonds. The Morgan fingerprint density at radius 2 is 1.83 bits per heavy atom. The van der Waals surface area contributed by atoms with Crippen LogP contribution in [0.3, 0.4) is 0 Å². The number of hydrogen-bond acceptors (Lipinski definition) is 4. The van der Waals surface area contributed by atoms with Gasteiger partial charge in [-0.1, -0.05) is 6.42 Å². The smallest absolute Gasteiger partial charge is 0.223 e. The summed E-state index contributed by atoms with van der Waals surface area (Å²) in [6.45, 7) is 6.58. The van der Waals surface area contributed by atoms with Crippen molar-refractivity contribution in [1.29, 1.82) is 0 Å². The van der Waals surface area contributed by atoms with Gasteiger partial charge in [0.2, 0.25) is 5.91 Å². The van der Waals surface area contributed by atoms with E-state index in [1.54, 1.807) is 18.3 Å². The number of ketones is 1. The van der Waals surface area contributed by atoms with E-state index < -0.39 is 0 Å². The predicted octanol–water partition coefficient (Wildman–Crippen LogP) is 3.53. The summed E-state index contributed by atoms with van der Waals surface area (Å²) >= 11 is 1.69.